The molecule has 115 heavy (non-hydrogen) atoms. The Morgan fingerprint density at radius 2 is 0.548 bits per heavy atom. The van der Waals surface area contributed by atoms with Gasteiger partial charge in [0.05, 0.1) is 5.41 Å². The van der Waals surface area contributed by atoms with Gasteiger partial charge in [-0.05, 0) is 237 Å². The van der Waals surface area contributed by atoms with Gasteiger partial charge in [0.2, 0.25) is 0 Å². The monoisotopic (exact) mass is 1470 g/mol. The minimum atomic E-state index is -0.505. The fourth-order valence-corrected chi connectivity index (χ4v) is 18.9. The zero-order chi connectivity index (χ0) is 75.6. The molecular weight excluding hydrogens is 1390 g/mol. The molecule has 544 valence electrons. The zero-order valence-corrected chi connectivity index (χ0v) is 63.0. The summed E-state index contributed by atoms with van der Waals surface area (Å²) in [6.07, 6.45) is 0. The molecule has 0 spiro atoms. The lowest BCUT2D eigenvalue weighted by atomic mass is 9.67. The Morgan fingerprint density at radius 1 is 0.217 bits per heavy atom. The van der Waals surface area contributed by atoms with Gasteiger partial charge in [0.25, 0.3) is 0 Å². The van der Waals surface area contributed by atoms with E-state index in [0.29, 0.717) is 0 Å². The van der Waals surface area contributed by atoms with Crippen molar-refractivity contribution in [2.24, 2.45) is 0 Å². The number of anilines is 6. The van der Waals surface area contributed by atoms with E-state index in [9.17, 15) is 0 Å². The van der Waals surface area contributed by atoms with Crippen LogP contribution in [-0.2, 0) is 10.8 Å². The fraction of sp³-hybridized carbons (Fsp3) is 0.0450. The van der Waals surface area contributed by atoms with Gasteiger partial charge >= 0.3 is 0 Å². The summed E-state index contributed by atoms with van der Waals surface area (Å²) < 4.78 is 13.0. The number of fused-ring (bicyclic) bond motifs is 20. The number of hydrogen-bond acceptors (Lipinski definition) is 4. The summed E-state index contributed by atoms with van der Waals surface area (Å²) in [6.45, 7) is 4.73. The highest BCUT2D eigenvalue weighted by atomic mass is 16.3. The van der Waals surface area contributed by atoms with Crippen molar-refractivity contribution in [2.75, 3.05) is 9.80 Å². The molecule has 2 aliphatic rings. The molecule has 0 aliphatic heterocycles. The van der Waals surface area contributed by atoms with Gasteiger partial charge in [0.15, 0.2) is 0 Å². The van der Waals surface area contributed by atoms with E-state index < -0.39 is 5.41 Å². The maximum absolute atomic E-state index is 6.52. The topological polar surface area (TPSA) is 32.8 Å². The van der Waals surface area contributed by atoms with Crippen LogP contribution in [0.1, 0.15) is 54.7 Å². The van der Waals surface area contributed by atoms with Crippen LogP contribution in [0.4, 0.5) is 34.1 Å². The molecule has 0 fully saturated rings. The molecule has 2 heterocycles. The van der Waals surface area contributed by atoms with Gasteiger partial charge in [-0.25, -0.2) is 0 Å². The van der Waals surface area contributed by atoms with E-state index >= 15 is 0 Å². The van der Waals surface area contributed by atoms with Crippen molar-refractivity contribution in [2.45, 2.75) is 32.1 Å². The van der Waals surface area contributed by atoms with E-state index in [-0.39, 0.29) is 12.8 Å². The number of benzene rings is 19. The van der Waals surface area contributed by atoms with Crippen LogP contribution in [0.2, 0.25) is 0 Å². The third kappa shape index (κ3) is 11.1. The van der Waals surface area contributed by atoms with Gasteiger partial charge in [-0.15, -0.1) is 0 Å². The number of para-hydroxylation sites is 4. The van der Waals surface area contributed by atoms with Crippen LogP contribution in [0, 0.1) is 0 Å². The molecule has 0 radical (unpaired) electrons. The molecule has 0 N–H and O–H groups in total. The molecule has 0 saturated carbocycles. The third-order valence-corrected chi connectivity index (χ3v) is 24.4. The molecule has 2 aromatic heterocycles. The number of rotatable bonds is 11. The van der Waals surface area contributed by atoms with Crippen LogP contribution in [0.3, 0.4) is 0 Å². The lowest BCUT2D eigenvalue weighted by Crippen LogP contribution is -2.28. The summed E-state index contributed by atoms with van der Waals surface area (Å²) in [5.41, 5.74) is 30.0. The first-order chi connectivity index (χ1) is 56.3. The Bertz CT molecular complexity index is 7270. The summed E-state index contributed by atoms with van der Waals surface area (Å²) in [4.78, 5) is 4.76. The SMILES string of the molecule is C.CC1(C)c2cc(-c3ccc4c(ccc5ccc6c7ccccc7oc6c54)c3)ccc2-c2ccc(N(c3ccccc3)c3ccccc3)cc21.c1ccc(-c2ccc(N(c3ccc(-c4ccc5c(ccc6ccc7c8ccccc8oc7c65)c4)cc3)c3ccc4c(c3)C(c3ccccc3)(c3ccccc3)c3ccccc3-4)cc2)cc1. The second-order valence-corrected chi connectivity index (χ2v) is 31.0. The molecule has 21 aromatic rings. The molecule has 19 aromatic carbocycles. The van der Waals surface area contributed by atoms with Crippen molar-refractivity contribution in [3.05, 3.63) is 446 Å². The zero-order valence-electron chi connectivity index (χ0n) is 63.0. The van der Waals surface area contributed by atoms with Crippen molar-refractivity contribution in [1.82, 2.24) is 0 Å². The van der Waals surface area contributed by atoms with E-state index in [1.807, 2.05) is 12.1 Å². The van der Waals surface area contributed by atoms with E-state index in [4.69, 9.17) is 8.83 Å². The van der Waals surface area contributed by atoms with Crippen LogP contribution >= 0.6 is 0 Å². The molecule has 4 nitrogen and oxygen atoms in total. The van der Waals surface area contributed by atoms with Crippen LogP contribution in [0.15, 0.2) is 421 Å². The van der Waals surface area contributed by atoms with Gasteiger partial charge in [0.1, 0.15) is 22.3 Å². The van der Waals surface area contributed by atoms with Gasteiger partial charge in [-0.2, -0.15) is 0 Å². The second-order valence-electron chi connectivity index (χ2n) is 31.0. The summed E-state index contributed by atoms with van der Waals surface area (Å²) in [7, 11) is 0. The van der Waals surface area contributed by atoms with E-state index in [1.165, 1.54) is 127 Å². The van der Waals surface area contributed by atoms with Crippen LogP contribution in [0.5, 0.6) is 0 Å². The first-order valence-corrected chi connectivity index (χ1v) is 39.4. The molecular formula is C111H78N2O2. The van der Waals surface area contributed by atoms with E-state index in [1.54, 1.807) is 0 Å². The molecule has 0 atom stereocenters. The smallest absolute Gasteiger partial charge is 0.143 e. The van der Waals surface area contributed by atoms with Crippen LogP contribution < -0.4 is 9.80 Å². The summed E-state index contributed by atoms with van der Waals surface area (Å²) in [5.74, 6) is 0. The standard InChI is InChI=1S/C63H41NO.C47H33NO.CH4/c1-4-14-42(15-5-1)43-26-32-50(33-27-43)64(52-36-39-55-54-20-10-12-22-58(54)63(59(55)41-52,48-16-6-2-7-17-48)49-18-8-3-9-19-49)51-34-28-44(29-35-51)46-31-37-53-47(40-46)25-24-45-30-38-57-56-21-11-13-23-60(56)65-62(57)61(45)53;1-47(2)42-28-32(31-20-23-37-33(27-31)18-17-30-19-25-41-40-15-9-10-16-44(40)49-46(41)45(30)37)21-24-38(42)39-26-22-36(29-43(39)47)48(34-11-5-3-6-12-34)35-13-7-4-8-14-35;/h1-41H;3-29H,1-2H3;1H4. The quantitative estimate of drug-likeness (QED) is 0.121. The van der Waals surface area contributed by atoms with Gasteiger partial charge < -0.3 is 18.6 Å². The third-order valence-electron chi connectivity index (χ3n) is 24.4. The van der Waals surface area contributed by atoms with Crippen molar-refractivity contribution >= 4 is 121 Å². The average molecular weight is 1470 g/mol. The van der Waals surface area contributed by atoms with Crippen LogP contribution in [-0.4, -0.2) is 0 Å². The maximum atomic E-state index is 6.52. The van der Waals surface area contributed by atoms with Gasteiger partial charge in [-0.1, -0.05) is 319 Å². The minimum absolute atomic E-state index is 0. The number of nitrogens with zero attached hydrogens (tertiary/aromatic N) is 2. The predicted octanol–water partition coefficient (Wildman–Crippen LogP) is 31.0. The Morgan fingerprint density at radius 3 is 1.07 bits per heavy atom. The molecule has 0 bridgehead atoms. The molecule has 2 aliphatic carbocycles. The summed E-state index contributed by atoms with van der Waals surface area (Å²) in [5, 5.41) is 14.2. The Kier molecular flexibility index (Phi) is 16.3. The minimum Gasteiger partial charge on any atom is -0.455 e. The first-order valence-electron chi connectivity index (χ1n) is 39.4. The Labute approximate surface area is 669 Å². The van der Waals surface area contributed by atoms with Crippen LogP contribution in [0.25, 0.3) is 143 Å². The normalized spacial score (nSPS) is 12.9. The Hall–Kier alpha value is -14.6. The molecule has 0 amide bonds. The maximum Gasteiger partial charge on any atom is 0.143 e. The largest absolute Gasteiger partial charge is 0.455 e. The lowest BCUT2D eigenvalue weighted by molar-refractivity contribution is 0.660. The molecule has 4 heteroatoms. The molecule has 0 unspecified atom stereocenters. The Balaban J connectivity index is 0.000000148. The summed E-state index contributed by atoms with van der Waals surface area (Å²) >= 11 is 0. The second kappa shape index (κ2) is 27.4. The van der Waals surface area contributed by atoms with Gasteiger partial charge in [0, 0.05) is 71.9 Å². The van der Waals surface area contributed by atoms with Crippen molar-refractivity contribution in [1.29, 1.82) is 0 Å². The fourth-order valence-electron chi connectivity index (χ4n) is 18.9. The predicted molar refractivity (Wildman–Crippen MR) is 485 cm³/mol. The van der Waals surface area contributed by atoms with Crippen molar-refractivity contribution in [3.63, 3.8) is 0 Å². The first kappa shape index (κ1) is 68.4. The highest BCUT2D eigenvalue weighted by Crippen LogP contribution is 2.58. The summed E-state index contributed by atoms with van der Waals surface area (Å²) in [6, 6.07) is 150. The number of furan rings is 2. The van der Waals surface area contributed by atoms with E-state index in [0.717, 1.165) is 83.6 Å². The number of hydrogen-bond donors (Lipinski definition) is 0. The van der Waals surface area contributed by atoms with Crippen molar-refractivity contribution in [3.8, 4) is 55.6 Å². The van der Waals surface area contributed by atoms with Gasteiger partial charge in [-0.3, -0.25) is 0 Å². The van der Waals surface area contributed by atoms with E-state index in [2.05, 4.69) is 424 Å². The lowest BCUT2D eigenvalue weighted by Gasteiger charge is -2.35. The van der Waals surface area contributed by atoms with Crippen molar-refractivity contribution < 1.29 is 8.83 Å². The average Bonchev–Trinajstić information content (AvgIpc) is 1.54. The highest BCUT2D eigenvalue weighted by Gasteiger charge is 2.46. The molecule has 23 rings (SSSR count). The molecule has 0 saturated heterocycles. The highest BCUT2D eigenvalue weighted by molar-refractivity contribution is 6.25.